The van der Waals surface area contributed by atoms with Gasteiger partial charge in [-0.2, -0.15) is 0 Å². The number of rotatable bonds is 2. The van der Waals surface area contributed by atoms with Gasteiger partial charge in [0.2, 0.25) is 0 Å². The predicted molar refractivity (Wildman–Crippen MR) is 69.5 cm³/mol. The van der Waals surface area contributed by atoms with Gasteiger partial charge < -0.3 is 4.74 Å². The lowest BCUT2D eigenvalue weighted by atomic mass is 9.85. The van der Waals surface area contributed by atoms with E-state index in [9.17, 15) is 0 Å². The molecule has 0 saturated heterocycles. The number of tetrazole rings is 1. The third-order valence-corrected chi connectivity index (χ3v) is 2.89. The Kier molecular flexibility index (Phi) is 3.07. The summed E-state index contributed by atoms with van der Waals surface area (Å²) in [4.78, 5) is 0. The minimum absolute atomic E-state index is 0.00732. The molecule has 0 atom stereocenters. The normalized spacial score (nSPS) is 11.6. The number of nitrogens with zero attached hydrogens (tertiary/aromatic N) is 4. The van der Waals surface area contributed by atoms with Crippen molar-refractivity contribution in [1.29, 1.82) is 0 Å². The molecule has 0 aliphatic rings. The highest BCUT2D eigenvalue weighted by molar-refractivity contribution is 5.67. The first kappa shape index (κ1) is 12.5. The van der Waals surface area contributed by atoms with Crippen LogP contribution < -0.4 is 4.74 Å². The zero-order chi connectivity index (χ0) is 13.3. The molecule has 1 aromatic heterocycles. The summed E-state index contributed by atoms with van der Waals surface area (Å²) in [6.07, 6.45) is 0. The molecule has 0 fully saturated rings. The lowest BCUT2D eigenvalue weighted by Gasteiger charge is -2.23. The van der Waals surface area contributed by atoms with Crippen molar-refractivity contribution < 1.29 is 4.74 Å². The molecule has 18 heavy (non-hydrogen) atoms. The zero-order valence-corrected chi connectivity index (χ0v) is 11.4. The minimum Gasteiger partial charge on any atom is -0.496 e. The molecule has 0 amide bonds. The SMILES string of the molecule is COc1c(-c2nnnn2C)cccc1C(C)(C)C. The predicted octanol–water partition coefficient (Wildman–Crippen LogP) is 2.18. The van der Waals surface area contributed by atoms with Gasteiger partial charge in [-0.05, 0) is 21.9 Å². The first-order valence-corrected chi connectivity index (χ1v) is 5.85. The van der Waals surface area contributed by atoms with E-state index in [0.717, 1.165) is 16.9 Å². The molecule has 0 saturated carbocycles. The van der Waals surface area contributed by atoms with Gasteiger partial charge in [0, 0.05) is 12.6 Å². The summed E-state index contributed by atoms with van der Waals surface area (Å²) < 4.78 is 7.22. The fourth-order valence-electron chi connectivity index (χ4n) is 1.98. The van der Waals surface area contributed by atoms with Gasteiger partial charge in [-0.1, -0.05) is 32.9 Å². The van der Waals surface area contributed by atoms with Gasteiger partial charge in [-0.25, -0.2) is 4.68 Å². The molecule has 1 aromatic carbocycles. The molecule has 1 heterocycles. The van der Waals surface area contributed by atoms with Gasteiger partial charge in [0.05, 0.1) is 12.7 Å². The summed E-state index contributed by atoms with van der Waals surface area (Å²) in [5, 5.41) is 11.6. The maximum absolute atomic E-state index is 5.57. The number of methoxy groups -OCH3 is 1. The van der Waals surface area contributed by atoms with Crippen molar-refractivity contribution in [3.63, 3.8) is 0 Å². The standard InChI is InChI=1S/C13H18N4O/c1-13(2,3)10-8-6-7-9(11(10)18-5)12-14-15-16-17(12)4/h6-8H,1-5H3. The van der Waals surface area contributed by atoms with E-state index in [2.05, 4.69) is 42.4 Å². The van der Waals surface area contributed by atoms with Crippen molar-refractivity contribution in [3.05, 3.63) is 23.8 Å². The summed E-state index contributed by atoms with van der Waals surface area (Å²) in [7, 11) is 3.50. The molecular weight excluding hydrogens is 228 g/mol. The summed E-state index contributed by atoms with van der Waals surface area (Å²) in [5.74, 6) is 1.54. The highest BCUT2D eigenvalue weighted by Crippen LogP contribution is 2.37. The van der Waals surface area contributed by atoms with E-state index in [1.54, 1.807) is 11.8 Å². The monoisotopic (exact) mass is 246 g/mol. The van der Waals surface area contributed by atoms with Crippen LogP contribution in [0.4, 0.5) is 0 Å². The van der Waals surface area contributed by atoms with Crippen LogP contribution >= 0.6 is 0 Å². The molecule has 0 radical (unpaired) electrons. The van der Waals surface area contributed by atoms with Crippen molar-refractivity contribution in [2.75, 3.05) is 7.11 Å². The van der Waals surface area contributed by atoms with E-state index in [1.165, 1.54) is 0 Å². The van der Waals surface area contributed by atoms with Gasteiger partial charge in [0.15, 0.2) is 5.82 Å². The number of aromatic nitrogens is 4. The van der Waals surface area contributed by atoms with Gasteiger partial charge in [0.25, 0.3) is 0 Å². The Bertz CT molecular complexity index is 554. The zero-order valence-electron chi connectivity index (χ0n) is 11.4. The van der Waals surface area contributed by atoms with Gasteiger partial charge in [0.1, 0.15) is 5.75 Å². The van der Waals surface area contributed by atoms with Crippen molar-refractivity contribution >= 4 is 0 Å². The molecule has 0 aliphatic heterocycles. The van der Waals surface area contributed by atoms with Gasteiger partial charge >= 0.3 is 0 Å². The summed E-state index contributed by atoms with van der Waals surface area (Å²) in [5.41, 5.74) is 2.07. The van der Waals surface area contributed by atoms with Crippen LogP contribution in [0.1, 0.15) is 26.3 Å². The van der Waals surface area contributed by atoms with Crippen molar-refractivity contribution in [2.45, 2.75) is 26.2 Å². The number of hydrogen-bond donors (Lipinski definition) is 0. The molecular formula is C13H18N4O. The molecule has 2 rings (SSSR count). The van der Waals surface area contributed by atoms with E-state index in [0.29, 0.717) is 5.82 Å². The molecule has 0 N–H and O–H groups in total. The minimum atomic E-state index is 0.00732. The van der Waals surface area contributed by atoms with Crippen LogP contribution in [-0.2, 0) is 12.5 Å². The number of aryl methyl sites for hydroxylation is 1. The average Bonchev–Trinajstić information content (AvgIpc) is 2.73. The van der Waals surface area contributed by atoms with Crippen LogP contribution in [-0.4, -0.2) is 27.3 Å². The second kappa shape index (κ2) is 4.40. The van der Waals surface area contributed by atoms with Crippen molar-refractivity contribution in [3.8, 4) is 17.1 Å². The molecule has 0 aliphatic carbocycles. The smallest absolute Gasteiger partial charge is 0.185 e. The lowest BCUT2D eigenvalue weighted by molar-refractivity contribution is 0.398. The van der Waals surface area contributed by atoms with E-state index in [1.807, 2.05) is 19.2 Å². The van der Waals surface area contributed by atoms with E-state index >= 15 is 0 Å². The van der Waals surface area contributed by atoms with Crippen LogP contribution in [0.3, 0.4) is 0 Å². The van der Waals surface area contributed by atoms with Crippen molar-refractivity contribution in [1.82, 2.24) is 20.2 Å². The molecule has 96 valence electrons. The maximum Gasteiger partial charge on any atom is 0.185 e. The van der Waals surface area contributed by atoms with Crippen LogP contribution in [0.25, 0.3) is 11.4 Å². The van der Waals surface area contributed by atoms with E-state index in [4.69, 9.17) is 4.74 Å². The number of hydrogen-bond acceptors (Lipinski definition) is 4. The molecule has 0 unspecified atom stereocenters. The fourth-order valence-corrected chi connectivity index (χ4v) is 1.98. The largest absolute Gasteiger partial charge is 0.496 e. The first-order chi connectivity index (χ1) is 8.45. The third-order valence-electron chi connectivity index (χ3n) is 2.89. The highest BCUT2D eigenvalue weighted by Gasteiger charge is 2.23. The Labute approximate surface area is 107 Å². The summed E-state index contributed by atoms with van der Waals surface area (Å²) in [6.45, 7) is 6.47. The second-order valence-electron chi connectivity index (χ2n) is 5.26. The second-order valence-corrected chi connectivity index (χ2v) is 5.26. The number of para-hydroxylation sites is 1. The third kappa shape index (κ3) is 2.08. The van der Waals surface area contributed by atoms with Crippen LogP contribution in [0, 0.1) is 0 Å². The molecule has 0 bridgehead atoms. The molecule has 2 aromatic rings. The Morgan fingerprint density at radius 2 is 1.94 bits per heavy atom. The first-order valence-electron chi connectivity index (χ1n) is 5.85. The summed E-state index contributed by atoms with van der Waals surface area (Å²) >= 11 is 0. The molecule has 5 heteroatoms. The Morgan fingerprint density at radius 3 is 2.44 bits per heavy atom. The van der Waals surface area contributed by atoms with Crippen LogP contribution in [0.2, 0.25) is 0 Å². The number of ether oxygens (including phenoxy) is 1. The maximum atomic E-state index is 5.57. The lowest BCUT2D eigenvalue weighted by Crippen LogP contribution is -2.13. The fraction of sp³-hybridized carbons (Fsp3) is 0.462. The van der Waals surface area contributed by atoms with Gasteiger partial charge in [-0.3, -0.25) is 0 Å². The van der Waals surface area contributed by atoms with E-state index < -0.39 is 0 Å². The highest BCUT2D eigenvalue weighted by atomic mass is 16.5. The summed E-state index contributed by atoms with van der Waals surface area (Å²) in [6, 6.07) is 6.05. The van der Waals surface area contributed by atoms with Gasteiger partial charge in [-0.15, -0.1) is 5.10 Å². The number of benzene rings is 1. The van der Waals surface area contributed by atoms with Crippen LogP contribution in [0.5, 0.6) is 5.75 Å². The topological polar surface area (TPSA) is 52.8 Å². The van der Waals surface area contributed by atoms with E-state index in [-0.39, 0.29) is 5.41 Å². The quantitative estimate of drug-likeness (QED) is 0.815. The van der Waals surface area contributed by atoms with Crippen molar-refractivity contribution in [2.24, 2.45) is 7.05 Å². The Morgan fingerprint density at radius 1 is 1.22 bits per heavy atom. The average molecular weight is 246 g/mol. The Balaban J connectivity index is 2.67. The Hall–Kier alpha value is -1.91. The molecule has 0 spiro atoms. The molecule has 5 nitrogen and oxygen atoms in total. The van der Waals surface area contributed by atoms with Crippen LogP contribution in [0.15, 0.2) is 18.2 Å².